The molecule has 0 aromatic heterocycles. The molecule has 0 fully saturated rings. The van der Waals surface area contributed by atoms with E-state index in [2.05, 4.69) is 40.0 Å². The Morgan fingerprint density at radius 2 is 1.63 bits per heavy atom. The van der Waals surface area contributed by atoms with Gasteiger partial charge >= 0.3 is 0 Å². The number of nitrogens with zero attached hydrogens (tertiary/aromatic N) is 2. The predicted molar refractivity (Wildman–Crippen MR) is 108 cm³/mol. The Bertz CT molecular complexity index is 892. The lowest BCUT2D eigenvalue weighted by atomic mass is 10.1. The summed E-state index contributed by atoms with van der Waals surface area (Å²) in [5.41, 5.74) is 2.32. The zero-order valence-electron chi connectivity index (χ0n) is 15.2. The normalized spacial score (nSPS) is 12.9. The summed E-state index contributed by atoms with van der Waals surface area (Å²) in [5.74, 6) is -1.32. The Hall–Kier alpha value is -2.67. The largest absolute Gasteiger partial charge is 0.372 e. The summed E-state index contributed by atoms with van der Waals surface area (Å²) in [6.45, 7) is 5.65. The molecule has 0 spiro atoms. The molecule has 0 saturated carbocycles. The monoisotopic (exact) mass is 429 g/mol. The molecular formula is C20H20BrN3O3. The van der Waals surface area contributed by atoms with Gasteiger partial charge in [0.2, 0.25) is 5.91 Å². The molecule has 6 nitrogen and oxygen atoms in total. The second-order valence-electron chi connectivity index (χ2n) is 6.15. The van der Waals surface area contributed by atoms with E-state index in [0.29, 0.717) is 21.3 Å². The Kier molecular flexibility index (Phi) is 5.60. The molecule has 3 rings (SSSR count). The van der Waals surface area contributed by atoms with Crippen LogP contribution in [0.2, 0.25) is 0 Å². The van der Waals surface area contributed by atoms with Crippen LogP contribution in [0.3, 0.4) is 0 Å². The van der Waals surface area contributed by atoms with Crippen LogP contribution in [0.4, 0.5) is 11.4 Å². The Morgan fingerprint density at radius 1 is 1.00 bits per heavy atom. The van der Waals surface area contributed by atoms with E-state index < -0.39 is 17.7 Å². The lowest BCUT2D eigenvalue weighted by Gasteiger charge is -2.21. The van der Waals surface area contributed by atoms with Crippen LogP contribution in [-0.4, -0.2) is 42.3 Å². The van der Waals surface area contributed by atoms with Crippen molar-refractivity contribution in [2.75, 3.05) is 29.9 Å². The first kappa shape index (κ1) is 19.1. The van der Waals surface area contributed by atoms with Gasteiger partial charge < -0.3 is 10.2 Å². The molecule has 0 unspecified atom stereocenters. The molecule has 3 amide bonds. The number of carbonyl (C=O) groups is 3. The third-order valence-corrected chi connectivity index (χ3v) is 5.01. The van der Waals surface area contributed by atoms with Gasteiger partial charge in [0.1, 0.15) is 6.54 Å². The molecule has 1 N–H and O–H groups in total. The molecule has 1 aliphatic rings. The van der Waals surface area contributed by atoms with Crippen molar-refractivity contribution in [3.8, 4) is 0 Å². The number of halogens is 1. The van der Waals surface area contributed by atoms with E-state index in [1.165, 1.54) is 0 Å². The van der Waals surface area contributed by atoms with Crippen molar-refractivity contribution in [2.45, 2.75) is 13.8 Å². The molecule has 1 heterocycles. The second kappa shape index (κ2) is 7.92. The number of imide groups is 1. The number of anilines is 2. The van der Waals surface area contributed by atoms with Gasteiger partial charge in [0.15, 0.2) is 0 Å². The summed E-state index contributed by atoms with van der Waals surface area (Å²) in [6.07, 6.45) is 0. The van der Waals surface area contributed by atoms with Crippen LogP contribution >= 0.6 is 15.9 Å². The van der Waals surface area contributed by atoms with Crippen LogP contribution in [0, 0.1) is 0 Å². The number of carbonyl (C=O) groups excluding carboxylic acids is 3. The highest BCUT2D eigenvalue weighted by Crippen LogP contribution is 2.26. The van der Waals surface area contributed by atoms with Gasteiger partial charge in [-0.15, -0.1) is 0 Å². The van der Waals surface area contributed by atoms with Crippen LogP contribution in [0.15, 0.2) is 46.9 Å². The number of hydrogen-bond acceptors (Lipinski definition) is 4. The highest BCUT2D eigenvalue weighted by molar-refractivity contribution is 9.10. The summed E-state index contributed by atoms with van der Waals surface area (Å²) in [7, 11) is 0. The quantitative estimate of drug-likeness (QED) is 0.712. The van der Waals surface area contributed by atoms with E-state index in [-0.39, 0.29) is 6.54 Å². The fourth-order valence-corrected chi connectivity index (χ4v) is 3.46. The zero-order chi connectivity index (χ0) is 19.6. The van der Waals surface area contributed by atoms with Crippen molar-refractivity contribution in [1.82, 2.24) is 4.90 Å². The summed E-state index contributed by atoms with van der Waals surface area (Å²) in [5, 5.41) is 2.74. The molecule has 1 aliphatic heterocycles. The molecule has 0 bridgehead atoms. The maximum absolute atomic E-state index is 12.4. The van der Waals surface area contributed by atoms with Gasteiger partial charge in [0.05, 0.1) is 11.1 Å². The minimum absolute atomic E-state index is 0.311. The molecule has 0 saturated heterocycles. The predicted octanol–water partition coefficient (Wildman–Crippen LogP) is 3.53. The van der Waals surface area contributed by atoms with Gasteiger partial charge in [-0.3, -0.25) is 19.3 Å². The van der Waals surface area contributed by atoms with E-state index in [0.717, 1.165) is 23.7 Å². The Balaban J connectivity index is 1.66. The Labute approximate surface area is 166 Å². The van der Waals surface area contributed by atoms with Crippen LogP contribution in [0.25, 0.3) is 0 Å². The van der Waals surface area contributed by atoms with Crippen LogP contribution in [0.5, 0.6) is 0 Å². The molecule has 0 atom stereocenters. The SMILES string of the molecule is CCN(CC)c1ccc(NC(=O)CN2C(=O)c3ccc(Br)cc3C2=O)cc1. The highest BCUT2D eigenvalue weighted by Gasteiger charge is 2.36. The van der Waals surface area contributed by atoms with Gasteiger partial charge in [0.25, 0.3) is 11.8 Å². The molecule has 0 radical (unpaired) electrons. The van der Waals surface area contributed by atoms with Gasteiger partial charge in [-0.25, -0.2) is 0 Å². The number of rotatable bonds is 6. The first-order valence-corrected chi connectivity index (χ1v) is 9.54. The number of hydrogen-bond donors (Lipinski definition) is 1. The fourth-order valence-electron chi connectivity index (χ4n) is 3.09. The molecular weight excluding hydrogens is 410 g/mol. The molecule has 2 aromatic carbocycles. The fraction of sp³-hybridized carbons (Fsp3) is 0.250. The van der Waals surface area contributed by atoms with Gasteiger partial charge in [-0.2, -0.15) is 0 Å². The molecule has 140 valence electrons. The molecule has 2 aromatic rings. The minimum Gasteiger partial charge on any atom is -0.372 e. The summed E-state index contributed by atoms with van der Waals surface area (Å²) < 4.78 is 0.710. The van der Waals surface area contributed by atoms with Crippen molar-refractivity contribution in [3.63, 3.8) is 0 Å². The van der Waals surface area contributed by atoms with Crippen molar-refractivity contribution in [1.29, 1.82) is 0 Å². The van der Waals surface area contributed by atoms with E-state index in [1.54, 1.807) is 18.2 Å². The summed E-state index contributed by atoms with van der Waals surface area (Å²) >= 11 is 3.29. The van der Waals surface area contributed by atoms with Gasteiger partial charge in [0, 0.05) is 28.9 Å². The number of benzene rings is 2. The smallest absolute Gasteiger partial charge is 0.262 e. The van der Waals surface area contributed by atoms with E-state index in [4.69, 9.17) is 0 Å². The summed E-state index contributed by atoms with van der Waals surface area (Å²) in [6, 6.07) is 12.4. The second-order valence-corrected chi connectivity index (χ2v) is 7.07. The number of nitrogens with one attached hydrogen (secondary N) is 1. The van der Waals surface area contributed by atoms with Crippen molar-refractivity contribution in [3.05, 3.63) is 58.1 Å². The zero-order valence-corrected chi connectivity index (χ0v) is 16.7. The maximum Gasteiger partial charge on any atom is 0.262 e. The maximum atomic E-state index is 12.4. The van der Waals surface area contributed by atoms with Gasteiger partial charge in [-0.05, 0) is 56.3 Å². The lowest BCUT2D eigenvalue weighted by Crippen LogP contribution is -2.37. The van der Waals surface area contributed by atoms with E-state index in [1.807, 2.05) is 24.3 Å². The number of amides is 3. The van der Waals surface area contributed by atoms with Crippen molar-refractivity contribution >= 4 is 45.0 Å². The molecule has 0 aliphatic carbocycles. The molecule has 7 heteroatoms. The average Bonchev–Trinajstić information content (AvgIpc) is 2.88. The van der Waals surface area contributed by atoms with E-state index >= 15 is 0 Å². The standard InChI is InChI=1S/C20H20BrN3O3/c1-3-23(4-2)15-8-6-14(7-9-15)22-18(25)12-24-19(26)16-10-5-13(21)11-17(16)20(24)27/h5-11H,3-4,12H2,1-2H3,(H,22,25). The number of fused-ring (bicyclic) bond motifs is 1. The summed E-state index contributed by atoms with van der Waals surface area (Å²) in [4.78, 5) is 40.3. The third-order valence-electron chi connectivity index (χ3n) is 4.51. The Morgan fingerprint density at radius 3 is 2.26 bits per heavy atom. The van der Waals surface area contributed by atoms with Crippen LogP contribution in [-0.2, 0) is 4.79 Å². The third kappa shape index (κ3) is 3.88. The lowest BCUT2D eigenvalue weighted by molar-refractivity contribution is -0.116. The highest BCUT2D eigenvalue weighted by atomic mass is 79.9. The van der Waals surface area contributed by atoms with E-state index in [9.17, 15) is 14.4 Å². The first-order valence-electron chi connectivity index (χ1n) is 8.75. The van der Waals surface area contributed by atoms with Crippen LogP contribution in [0.1, 0.15) is 34.6 Å². The van der Waals surface area contributed by atoms with Crippen LogP contribution < -0.4 is 10.2 Å². The minimum atomic E-state index is -0.455. The van der Waals surface area contributed by atoms with Crippen molar-refractivity contribution < 1.29 is 14.4 Å². The first-order chi connectivity index (χ1) is 12.9. The van der Waals surface area contributed by atoms with Crippen molar-refractivity contribution in [2.24, 2.45) is 0 Å². The topological polar surface area (TPSA) is 69.7 Å². The average molecular weight is 430 g/mol. The van der Waals surface area contributed by atoms with Gasteiger partial charge in [-0.1, -0.05) is 15.9 Å². The molecule has 27 heavy (non-hydrogen) atoms.